The highest BCUT2D eigenvalue weighted by atomic mass is 127. The molecular weight excluding hydrogens is 398 g/mol. The smallest absolute Gasteiger partial charge is 0.387 e. The molecular formula is C13H19F3IN3O. The van der Waals surface area contributed by atoms with E-state index in [2.05, 4.69) is 9.73 Å². The molecule has 0 aliphatic heterocycles. The zero-order valence-electron chi connectivity index (χ0n) is 12.3. The van der Waals surface area contributed by atoms with E-state index >= 15 is 0 Å². The molecule has 1 aromatic rings. The predicted molar refractivity (Wildman–Crippen MR) is 87.0 cm³/mol. The number of nitrogens with zero attached hydrogens (tertiary/aromatic N) is 3. The van der Waals surface area contributed by atoms with Gasteiger partial charge in [0.05, 0.1) is 12.1 Å². The van der Waals surface area contributed by atoms with Gasteiger partial charge in [0.2, 0.25) is 0 Å². The average Bonchev–Trinajstić information content (AvgIpc) is 2.30. The molecule has 0 aliphatic rings. The molecule has 0 spiro atoms. The second-order valence-corrected chi connectivity index (χ2v) is 4.50. The number of rotatable bonds is 4. The zero-order valence-corrected chi connectivity index (χ0v) is 14.6. The molecule has 1 rings (SSSR count). The fourth-order valence-corrected chi connectivity index (χ4v) is 1.73. The summed E-state index contributed by atoms with van der Waals surface area (Å²) in [6.45, 7) is -3.08. The number of benzene rings is 1. The lowest BCUT2D eigenvalue weighted by atomic mass is 10.2. The van der Waals surface area contributed by atoms with E-state index in [1.54, 1.807) is 38.0 Å². The largest absolute Gasteiger partial charge is 0.434 e. The summed E-state index contributed by atoms with van der Waals surface area (Å²) < 4.78 is 42.6. The average molecular weight is 417 g/mol. The molecule has 0 saturated heterocycles. The highest BCUT2D eigenvalue weighted by Gasteiger charge is 2.14. The molecule has 0 amide bonds. The third kappa shape index (κ3) is 5.98. The Morgan fingerprint density at radius 1 is 1.19 bits per heavy atom. The molecule has 0 fully saturated rings. The Morgan fingerprint density at radius 3 is 2.24 bits per heavy atom. The quantitative estimate of drug-likeness (QED) is 0.429. The number of guanidine groups is 1. The Balaban J connectivity index is 0.00000400. The fourth-order valence-electron chi connectivity index (χ4n) is 1.73. The summed E-state index contributed by atoms with van der Waals surface area (Å²) in [5.41, 5.74) is 0.00833. The highest BCUT2D eigenvalue weighted by molar-refractivity contribution is 14.0. The molecule has 0 aromatic heterocycles. The predicted octanol–water partition coefficient (Wildman–Crippen LogP) is 3.02. The summed E-state index contributed by atoms with van der Waals surface area (Å²) >= 11 is 0. The lowest BCUT2D eigenvalue weighted by molar-refractivity contribution is -0.0506. The first-order valence-electron chi connectivity index (χ1n) is 5.94. The van der Waals surface area contributed by atoms with Crippen LogP contribution >= 0.6 is 24.0 Å². The van der Waals surface area contributed by atoms with Gasteiger partial charge in [-0.05, 0) is 12.1 Å². The van der Waals surface area contributed by atoms with Gasteiger partial charge in [-0.2, -0.15) is 8.78 Å². The van der Waals surface area contributed by atoms with Gasteiger partial charge in [0.25, 0.3) is 0 Å². The number of hydrogen-bond acceptors (Lipinski definition) is 2. The summed E-state index contributed by atoms with van der Waals surface area (Å²) in [7, 11) is 7.15. The maximum atomic E-state index is 13.7. The van der Waals surface area contributed by atoms with Crippen molar-refractivity contribution in [1.29, 1.82) is 0 Å². The standard InChI is InChI=1S/C13H18F3N3O.HI/c1-18(2)13(19(3)4)17-8-9-10(14)6-5-7-11(9)20-12(15)16;/h5-7,12H,8H2,1-4H3;1H. The Bertz CT molecular complexity index is 472. The molecule has 1 aromatic carbocycles. The Hall–Kier alpha value is -1.19. The monoisotopic (exact) mass is 417 g/mol. The van der Waals surface area contributed by atoms with Crippen LogP contribution in [-0.2, 0) is 6.54 Å². The van der Waals surface area contributed by atoms with Crippen LogP contribution in [0.2, 0.25) is 0 Å². The van der Waals surface area contributed by atoms with E-state index < -0.39 is 12.4 Å². The molecule has 120 valence electrons. The van der Waals surface area contributed by atoms with Crippen molar-refractivity contribution in [2.24, 2.45) is 4.99 Å². The summed E-state index contributed by atoms with van der Waals surface area (Å²) in [6, 6.07) is 3.80. The van der Waals surface area contributed by atoms with Gasteiger partial charge < -0.3 is 14.5 Å². The molecule has 21 heavy (non-hydrogen) atoms. The van der Waals surface area contributed by atoms with Crippen LogP contribution in [0, 0.1) is 5.82 Å². The summed E-state index contributed by atoms with van der Waals surface area (Å²) in [6.07, 6.45) is 0. The molecule has 0 bridgehead atoms. The molecule has 0 saturated carbocycles. The summed E-state index contributed by atoms with van der Waals surface area (Å²) in [4.78, 5) is 7.71. The normalized spacial score (nSPS) is 9.90. The van der Waals surface area contributed by atoms with Crippen LogP contribution in [0.4, 0.5) is 13.2 Å². The maximum absolute atomic E-state index is 13.7. The van der Waals surface area contributed by atoms with Gasteiger partial charge in [-0.3, -0.25) is 0 Å². The third-order valence-corrected chi connectivity index (χ3v) is 2.47. The van der Waals surface area contributed by atoms with E-state index in [1.807, 2.05) is 0 Å². The number of hydrogen-bond donors (Lipinski definition) is 0. The van der Waals surface area contributed by atoms with Crippen LogP contribution in [0.15, 0.2) is 23.2 Å². The Labute approximate surface area is 139 Å². The first-order valence-corrected chi connectivity index (χ1v) is 5.94. The number of halogens is 4. The van der Waals surface area contributed by atoms with Gasteiger partial charge in [-0.25, -0.2) is 9.38 Å². The van der Waals surface area contributed by atoms with Crippen LogP contribution in [0.25, 0.3) is 0 Å². The number of aliphatic imine (C=N–C) groups is 1. The molecule has 0 heterocycles. The second kappa shape index (κ2) is 8.96. The highest BCUT2D eigenvalue weighted by Crippen LogP contribution is 2.24. The molecule has 8 heteroatoms. The van der Waals surface area contributed by atoms with Gasteiger partial charge >= 0.3 is 6.61 Å². The molecule has 0 unspecified atom stereocenters. The van der Waals surface area contributed by atoms with Crippen molar-refractivity contribution >= 4 is 29.9 Å². The van der Waals surface area contributed by atoms with E-state index in [0.717, 1.165) is 0 Å². The van der Waals surface area contributed by atoms with Crippen LogP contribution in [0.1, 0.15) is 5.56 Å². The van der Waals surface area contributed by atoms with Gasteiger partial charge in [0.15, 0.2) is 5.96 Å². The second-order valence-electron chi connectivity index (χ2n) is 4.50. The van der Waals surface area contributed by atoms with Crippen molar-refractivity contribution in [3.63, 3.8) is 0 Å². The molecule has 0 radical (unpaired) electrons. The maximum Gasteiger partial charge on any atom is 0.387 e. The van der Waals surface area contributed by atoms with E-state index in [4.69, 9.17) is 0 Å². The topological polar surface area (TPSA) is 28.1 Å². The molecule has 0 atom stereocenters. The number of alkyl halides is 2. The van der Waals surface area contributed by atoms with Crippen molar-refractivity contribution in [1.82, 2.24) is 9.80 Å². The SMILES string of the molecule is CN(C)C(=NCc1c(F)cccc1OC(F)F)N(C)C.I. The van der Waals surface area contributed by atoms with Crippen molar-refractivity contribution in [2.75, 3.05) is 28.2 Å². The molecule has 0 N–H and O–H groups in total. The molecule has 0 aliphatic carbocycles. The van der Waals surface area contributed by atoms with Gasteiger partial charge in [-0.1, -0.05) is 6.07 Å². The first kappa shape index (κ1) is 19.8. The zero-order chi connectivity index (χ0) is 15.3. The van der Waals surface area contributed by atoms with Crippen molar-refractivity contribution in [2.45, 2.75) is 13.2 Å². The lowest BCUT2D eigenvalue weighted by Crippen LogP contribution is -2.35. The number of ether oxygens (including phenoxy) is 1. The van der Waals surface area contributed by atoms with Gasteiger partial charge in [-0.15, -0.1) is 24.0 Å². The fraction of sp³-hybridized carbons (Fsp3) is 0.462. The Morgan fingerprint density at radius 2 is 1.76 bits per heavy atom. The summed E-state index contributed by atoms with van der Waals surface area (Å²) in [5.74, 6) is -0.222. The first-order chi connectivity index (χ1) is 9.32. The summed E-state index contributed by atoms with van der Waals surface area (Å²) in [5, 5.41) is 0. The van der Waals surface area contributed by atoms with Crippen LogP contribution < -0.4 is 4.74 Å². The van der Waals surface area contributed by atoms with Crippen molar-refractivity contribution in [3.05, 3.63) is 29.6 Å². The lowest BCUT2D eigenvalue weighted by Gasteiger charge is -2.22. The third-order valence-electron chi connectivity index (χ3n) is 2.47. The van der Waals surface area contributed by atoms with E-state index in [0.29, 0.717) is 5.96 Å². The van der Waals surface area contributed by atoms with Gasteiger partial charge in [0, 0.05) is 28.2 Å². The Kier molecular flexibility index (Phi) is 8.45. The van der Waals surface area contributed by atoms with Crippen molar-refractivity contribution in [3.8, 4) is 5.75 Å². The van der Waals surface area contributed by atoms with E-state index in [1.165, 1.54) is 18.2 Å². The van der Waals surface area contributed by atoms with E-state index in [-0.39, 0.29) is 41.8 Å². The van der Waals surface area contributed by atoms with Crippen LogP contribution in [-0.4, -0.2) is 50.6 Å². The van der Waals surface area contributed by atoms with Gasteiger partial charge in [0.1, 0.15) is 11.6 Å². The minimum absolute atomic E-state index is 0. The van der Waals surface area contributed by atoms with E-state index in [9.17, 15) is 13.2 Å². The minimum Gasteiger partial charge on any atom is -0.434 e. The van der Waals surface area contributed by atoms with Crippen LogP contribution in [0.5, 0.6) is 5.75 Å². The van der Waals surface area contributed by atoms with Crippen LogP contribution in [0.3, 0.4) is 0 Å². The minimum atomic E-state index is -3.00. The molecule has 4 nitrogen and oxygen atoms in total. The van der Waals surface area contributed by atoms with Crippen molar-refractivity contribution < 1.29 is 17.9 Å².